The second kappa shape index (κ2) is 10.6. The molecule has 0 spiro atoms. The van der Waals surface area contributed by atoms with E-state index in [9.17, 15) is 23.1 Å². The molecule has 2 aliphatic rings. The highest BCUT2D eigenvalue weighted by molar-refractivity contribution is 14.1. The van der Waals surface area contributed by atoms with Crippen molar-refractivity contribution < 1.29 is 23.1 Å². The summed E-state index contributed by atoms with van der Waals surface area (Å²) in [6.07, 6.45) is 6.41. The van der Waals surface area contributed by atoms with Crippen molar-refractivity contribution in [2.75, 3.05) is 4.72 Å². The zero-order valence-electron chi connectivity index (χ0n) is 17.7. The molecule has 35 heavy (non-hydrogen) atoms. The Labute approximate surface area is 228 Å². The van der Waals surface area contributed by atoms with Crippen LogP contribution < -0.4 is 14.8 Å². The number of sulfonamides is 1. The molecular formula is C22H18BrIN4O5S2. The number of carboxylic acids is 1. The Morgan fingerprint density at radius 2 is 2.03 bits per heavy atom. The molecule has 2 aliphatic heterocycles. The van der Waals surface area contributed by atoms with Crippen LogP contribution >= 0.6 is 50.7 Å². The van der Waals surface area contributed by atoms with E-state index in [2.05, 4.69) is 30.7 Å². The maximum Gasteiger partial charge on any atom is 0.326 e. The third kappa shape index (κ3) is 6.02. The fourth-order valence-corrected chi connectivity index (χ4v) is 6.31. The number of carbonyl (C=O) groups excluding carboxylic acids is 1. The minimum atomic E-state index is -4.07. The van der Waals surface area contributed by atoms with Crippen LogP contribution in [0.3, 0.4) is 0 Å². The molecule has 1 atom stereocenters. The first kappa shape index (κ1) is 25.6. The number of allylic oxidation sites excluding steroid dienone is 2. The van der Waals surface area contributed by atoms with E-state index in [1.807, 2.05) is 28.7 Å². The SMILES string of the molecule is O=C(N[C@@H](Cc1cccc(Br)c1)C(=O)O)c1ccc(I)cc1NS(=O)(=O)C1=CC=CN2SNC=C12. The summed E-state index contributed by atoms with van der Waals surface area (Å²) in [5, 5.41) is 12.2. The molecule has 4 N–H and O–H groups in total. The summed E-state index contributed by atoms with van der Waals surface area (Å²) in [6, 6.07) is 10.5. The van der Waals surface area contributed by atoms with Crippen LogP contribution in [-0.4, -0.2) is 35.7 Å². The first-order chi connectivity index (χ1) is 16.6. The van der Waals surface area contributed by atoms with Gasteiger partial charge in [0, 0.05) is 26.9 Å². The van der Waals surface area contributed by atoms with Crippen molar-refractivity contribution in [2.24, 2.45) is 0 Å². The second-order valence-corrected chi connectivity index (χ2v) is 12.1. The molecule has 9 nitrogen and oxygen atoms in total. The van der Waals surface area contributed by atoms with Crippen LogP contribution in [0.4, 0.5) is 5.69 Å². The van der Waals surface area contributed by atoms with E-state index in [0.717, 1.165) is 4.47 Å². The van der Waals surface area contributed by atoms with Crippen LogP contribution in [0.25, 0.3) is 0 Å². The molecule has 0 unspecified atom stereocenters. The topological polar surface area (TPSA) is 128 Å². The zero-order valence-corrected chi connectivity index (χ0v) is 23.1. The number of nitrogens with one attached hydrogen (secondary N) is 3. The Balaban J connectivity index is 1.59. The second-order valence-electron chi connectivity index (χ2n) is 7.43. The van der Waals surface area contributed by atoms with Crippen molar-refractivity contribution >= 4 is 78.2 Å². The number of hydrogen-bond acceptors (Lipinski definition) is 7. The monoisotopic (exact) mass is 688 g/mol. The number of aliphatic carboxylic acids is 1. The summed E-state index contributed by atoms with van der Waals surface area (Å²) in [5.41, 5.74) is 1.21. The molecule has 2 aromatic rings. The van der Waals surface area contributed by atoms with Gasteiger partial charge in [0.1, 0.15) is 10.9 Å². The van der Waals surface area contributed by atoms with Gasteiger partial charge in [-0.05, 0) is 70.6 Å². The normalized spacial score (nSPS) is 15.4. The number of benzene rings is 2. The molecule has 0 aromatic heterocycles. The predicted octanol–water partition coefficient (Wildman–Crippen LogP) is 3.94. The standard InChI is InChI=1S/C22H18BrIN4O5S2/c23-14-4-1-3-13(9-14)10-18(22(30)31)26-21(29)16-7-6-15(24)11-17(16)27-35(32,33)20-5-2-8-28-19(20)12-25-34-28/h1-9,11-12,18,25,27H,10H2,(H,26,29)(H,30,31)/t18-/m0/s1. The van der Waals surface area contributed by atoms with E-state index < -0.39 is 27.9 Å². The first-order valence-electron chi connectivity index (χ1n) is 10.1. The predicted molar refractivity (Wildman–Crippen MR) is 146 cm³/mol. The van der Waals surface area contributed by atoms with Crippen LogP contribution in [0.15, 0.2) is 82.1 Å². The number of rotatable bonds is 8. The maximum absolute atomic E-state index is 13.2. The van der Waals surface area contributed by atoms with E-state index in [4.69, 9.17) is 0 Å². The summed E-state index contributed by atoms with van der Waals surface area (Å²) in [4.78, 5) is 25.0. The molecule has 0 saturated heterocycles. The van der Waals surface area contributed by atoms with E-state index in [1.54, 1.807) is 47.0 Å². The Hall–Kier alpha value is -2.49. The quantitative estimate of drug-likeness (QED) is 0.243. The summed E-state index contributed by atoms with van der Waals surface area (Å²) in [7, 11) is -4.07. The largest absolute Gasteiger partial charge is 0.480 e. The van der Waals surface area contributed by atoms with Gasteiger partial charge in [0.05, 0.1) is 29.1 Å². The number of carboxylic acid groups (broad SMARTS) is 1. The summed E-state index contributed by atoms with van der Waals surface area (Å²) in [5.74, 6) is -1.92. The molecule has 13 heteroatoms. The number of carbonyl (C=O) groups is 2. The van der Waals surface area contributed by atoms with Gasteiger partial charge >= 0.3 is 5.97 Å². The van der Waals surface area contributed by atoms with E-state index in [1.165, 1.54) is 30.3 Å². The smallest absolute Gasteiger partial charge is 0.326 e. The lowest BCUT2D eigenvalue weighted by molar-refractivity contribution is -0.139. The van der Waals surface area contributed by atoms with Gasteiger partial charge in [0.25, 0.3) is 15.9 Å². The lowest BCUT2D eigenvalue weighted by Crippen LogP contribution is -2.42. The molecule has 0 bridgehead atoms. The Morgan fingerprint density at radius 1 is 1.23 bits per heavy atom. The molecule has 0 saturated carbocycles. The minimum Gasteiger partial charge on any atom is -0.480 e. The zero-order chi connectivity index (χ0) is 25.2. The molecule has 0 radical (unpaired) electrons. The lowest BCUT2D eigenvalue weighted by atomic mass is 10.1. The van der Waals surface area contributed by atoms with Crippen LogP contribution in [-0.2, 0) is 21.2 Å². The van der Waals surface area contributed by atoms with Gasteiger partial charge in [-0.2, -0.15) is 0 Å². The van der Waals surface area contributed by atoms with Crippen LogP contribution in [0, 0.1) is 3.57 Å². The molecule has 4 rings (SSSR count). The number of halogens is 2. The van der Waals surface area contributed by atoms with Crippen LogP contribution in [0.5, 0.6) is 0 Å². The van der Waals surface area contributed by atoms with Crippen molar-refractivity contribution in [1.82, 2.24) is 14.3 Å². The Morgan fingerprint density at radius 3 is 2.77 bits per heavy atom. The average Bonchev–Trinajstić information content (AvgIpc) is 3.27. The van der Waals surface area contributed by atoms with Crippen molar-refractivity contribution in [3.63, 3.8) is 0 Å². The van der Waals surface area contributed by atoms with E-state index in [0.29, 0.717) is 14.8 Å². The molecular weight excluding hydrogens is 671 g/mol. The van der Waals surface area contributed by atoms with Crippen molar-refractivity contribution in [3.05, 3.63) is 96.8 Å². The molecule has 182 valence electrons. The van der Waals surface area contributed by atoms with E-state index >= 15 is 0 Å². The first-order valence-corrected chi connectivity index (χ1v) is 14.2. The number of nitrogens with zero attached hydrogens (tertiary/aromatic N) is 1. The number of amides is 1. The molecule has 2 aromatic carbocycles. The number of hydrogen-bond donors (Lipinski definition) is 4. The fourth-order valence-electron chi connectivity index (χ4n) is 3.40. The van der Waals surface area contributed by atoms with Gasteiger partial charge in [0.2, 0.25) is 0 Å². The highest BCUT2D eigenvalue weighted by atomic mass is 127. The third-order valence-electron chi connectivity index (χ3n) is 5.00. The summed E-state index contributed by atoms with van der Waals surface area (Å²) >= 11 is 6.58. The molecule has 0 aliphatic carbocycles. The Kier molecular flexibility index (Phi) is 7.78. The highest BCUT2D eigenvalue weighted by Gasteiger charge is 2.31. The van der Waals surface area contributed by atoms with Gasteiger partial charge in [-0.15, -0.1) is 0 Å². The number of anilines is 1. The third-order valence-corrected chi connectivity index (χ3v) is 8.31. The van der Waals surface area contributed by atoms with Gasteiger partial charge in [0.15, 0.2) is 0 Å². The summed E-state index contributed by atoms with van der Waals surface area (Å²) < 4.78 is 35.0. The van der Waals surface area contributed by atoms with Gasteiger partial charge < -0.3 is 15.1 Å². The molecule has 2 heterocycles. The minimum absolute atomic E-state index is 0.00573. The maximum atomic E-state index is 13.2. The van der Waals surface area contributed by atoms with Gasteiger partial charge in [-0.1, -0.05) is 28.1 Å². The average molecular weight is 689 g/mol. The summed E-state index contributed by atoms with van der Waals surface area (Å²) in [6.45, 7) is 0. The van der Waals surface area contributed by atoms with Crippen molar-refractivity contribution in [2.45, 2.75) is 12.5 Å². The van der Waals surface area contributed by atoms with Crippen LogP contribution in [0.1, 0.15) is 15.9 Å². The van der Waals surface area contributed by atoms with Gasteiger partial charge in [-0.3, -0.25) is 13.8 Å². The number of fused-ring (bicyclic) bond motifs is 1. The Bertz CT molecular complexity index is 1390. The fraction of sp³-hybridized carbons (Fsp3) is 0.0909. The van der Waals surface area contributed by atoms with E-state index in [-0.39, 0.29) is 22.6 Å². The van der Waals surface area contributed by atoms with Crippen molar-refractivity contribution in [3.8, 4) is 0 Å². The lowest BCUT2D eigenvalue weighted by Gasteiger charge is -2.21. The molecule has 1 amide bonds. The van der Waals surface area contributed by atoms with Crippen molar-refractivity contribution in [1.29, 1.82) is 0 Å². The van der Waals surface area contributed by atoms with Gasteiger partial charge in [-0.25, -0.2) is 13.2 Å². The van der Waals surface area contributed by atoms with Crippen LogP contribution in [0.2, 0.25) is 0 Å². The highest BCUT2D eigenvalue weighted by Crippen LogP contribution is 2.34. The molecule has 0 fully saturated rings.